The van der Waals surface area contributed by atoms with Gasteiger partial charge in [0.1, 0.15) is 0 Å². The maximum Gasteiger partial charge on any atom is 0.0727 e. The molecule has 21 heavy (non-hydrogen) atoms. The van der Waals surface area contributed by atoms with E-state index < -0.39 is 0 Å². The van der Waals surface area contributed by atoms with Crippen molar-refractivity contribution in [2.75, 3.05) is 5.43 Å². The van der Waals surface area contributed by atoms with Crippen molar-refractivity contribution in [2.24, 2.45) is 5.84 Å². The highest BCUT2D eigenvalue weighted by Crippen LogP contribution is 2.34. The Balaban J connectivity index is 2.26. The minimum absolute atomic E-state index is 0.132. The zero-order chi connectivity index (χ0) is 15.0. The average molecular weight is 283 g/mol. The maximum absolute atomic E-state index is 5.87. The van der Waals surface area contributed by atoms with Crippen LogP contribution in [-0.4, -0.2) is 4.98 Å². The topological polar surface area (TPSA) is 50.9 Å². The number of aromatic nitrogens is 1. The van der Waals surface area contributed by atoms with Crippen LogP contribution in [-0.2, 0) is 18.3 Å². The van der Waals surface area contributed by atoms with Gasteiger partial charge in [0.15, 0.2) is 0 Å². The number of hydrogen-bond acceptors (Lipinski definition) is 3. The normalized spacial score (nSPS) is 15.6. The van der Waals surface area contributed by atoms with Crippen molar-refractivity contribution in [1.82, 2.24) is 4.98 Å². The SMILES string of the molecule is CC(C)(C)c1ccc2nc3c(c(NN)c2c1)CCCCC3. The van der Waals surface area contributed by atoms with Crippen LogP contribution in [0.3, 0.4) is 0 Å². The lowest BCUT2D eigenvalue weighted by Crippen LogP contribution is -2.14. The number of fused-ring (bicyclic) bond motifs is 2. The van der Waals surface area contributed by atoms with Gasteiger partial charge in [0.2, 0.25) is 0 Å². The second kappa shape index (κ2) is 5.30. The first-order valence-electron chi connectivity index (χ1n) is 7.93. The summed E-state index contributed by atoms with van der Waals surface area (Å²) in [6.07, 6.45) is 5.89. The number of rotatable bonds is 1. The van der Waals surface area contributed by atoms with Gasteiger partial charge in [-0.25, -0.2) is 0 Å². The minimum Gasteiger partial charge on any atom is -0.323 e. The van der Waals surface area contributed by atoms with Gasteiger partial charge < -0.3 is 5.43 Å². The van der Waals surface area contributed by atoms with E-state index in [-0.39, 0.29) is 5.41 Å². The second-order valence-corrected chi connectivity index (χ2v) is 7.10. The summed E-state index contributed by atoms with van der Waals surface area (Å²) in [7, 11) is 0. The molecule has 0 saturated carbocycles. The number of nitrogen functional groups attached to an aromatic ring is 1. The van der Waals surface area contributed by atoms with Crippen LogP contribution in [0.1, 0.15) is 56.9 Å². The summed E-state index contributed by atoms with van der Waals surface area (Å²) in [6.45, 7) is 6.71. The number of hydrogen-bond donors (Lipinski definition) is 2. The molecule has 112 valence electrons. The summed E-state index contributed by atoms with van der Waals surface area (Å²) in [6, 6.07) is 6.59. The summed E-state index contributed by atoms with van der Waals surface area (Å²) in [5.74, 6) is 5.87. The molecule has 0 radical (unpaired) electrons. The fourth-order valence-electron chi connectivity index (χ4n) is 3.23. The Morgan fingerprint density at radius 2 is 1.86 bits per heavy atom. The summed E-state index contributed by atoms with van der Waals surface area (Å²) in [4.78, 5) is 4.91. The van der Waals surface area contributed by atoms with Gasteiger partial charge in [-0.1, -0.05) is 33.3 Å². The van der Waals surface area contributed by atoms with Crippen LogP contribution in [0.25, 0.3) is 10.9 Å². The third kappa shape index (κ3) is 2.62. The smallest absolute Gasteiger partial charge is 0.0727 e. The molecule has 0 unspecified atom stereocenters. The molecular formula is C18H25N3. The molecule has 0 fully saturated rings. The van der Waals surface area contributed by atoms with Gasteiger partial charge in [0, 0.05) is 11.1 Å². The van der Waals surface area contributed by atoms with Crippen molar-refractivity contribution in [1.29, 1.82) is 0 Å². The van der Waals surface area contributed by atoms with Crippen molar-refractivity contribution in [3.8, 4) is 0 Å². The molecule has 1 aliphatic carbocycles. The molecule has 1 aromatic heterocycles. The number of nitrogens with one attached hydrogen (secondary N) is 1. The summed E-state index contributed by atoms with van der Waals surface area (Å²) < 4.78 is 0. The van der Waals surface area contributed by atoms with Gasteiger partial charge >= 0.3 is 0 Å². The monoisotopic (exact) mass is 283 g/mol. The van der Waals surface area contributed by atoms with E-state index in [4.69, 9.17) is 10.8 Å². The van der Waals surface area contributed by atoms with Crippen molar-refractivity contribution < 1.29 is 0 Å². The quantitative estimate of drug-likeness (QED) is 0.471. The highest BCUT2D eigenvalue weighted by atomic mass is 15.2. The van der Waals surface area contributed by atoms with Crippen molar-refractivity contribution in [2.45, 2.75) is 58.3 Å². The van der Waals surface area contributed by atoms with Gasteiger partial charge in [-0.05, 0) is 54.4 Å². The highest BCUT2D eigenvalue weighted by Gasteiger charge is 2.19. The van der Waals surface area contributed by atoms with Gasteiger partial charge in [0.25, 0.3) is 0 Å². The molecule has 0 atom stereocenters. The maximum atomic E-state index is 5.87. The van der Waals surface area contributed by atoms with E-state index in [1.807, 2.05) is 0 Å². The molecule has 3 N–H and O–H groups in total. The highest BCUT2D eigenvalue weighted by molar-refractivity contribution is 5.94. The van der Waals surface area contributed by atoms with E-state index in [1.54, 1.807) is 0 Å². The molecule has 0 aliphatic heterocycles. The largest absolute Gasteiger partial charge is 0.323 e. The first-order valence-corrected chi connectivity index (χ1v) is 7.93. The summed E-state index contributed by atoms with van der Waals surface area (Å²) >= 11 is 0. The predicted molar refractivity (Wildman–Crippen MR) is 89.5 cm³/mol. The number of pyridine rings is 1. The molecule has 0 amide bonds. The minimum atomic E-state index is 0.132. The first kappa shape index (κ1) is 14.3. The third-order valence-corrected chi connectivity index (χ3v) is 4.52. The summed E-state index contributed by atoms with van der Waals surface area (Å²) in [5.41, 5.74) is 9.12. The lowest BCUT2D eigenvalue weighted by molar-refractivity contribution is 0.591. The van der Waals surface area contributed by atoms with Crippen LogP contribution in [0.5, 0.6) is 0 Å². The van der Waals surface area contributed by atoms with Gasteiger partial charge in [-0.3, -0.25) is 10.8 Å². The Bertz CT molecular complexity index is 668. The molecule has 1 aromatic carbocycles. The van der Waals surface area contributed by atoms with E-state index >= 15 is 0 Å². The lowest BCUT2D eigenvalue weighted by atomic mass is 9.86. The molecule has 2 aromatic rings. The summed E-state index contributed by atoms with van der Waals surface area (Å²) in [5, 5.41) is 1.16. The van der Waals surface area contributed by atoms with E-state index in [0.29, 0.717) is 0 Å². The van der Waals surface area contributed by atoms with Crippen molar-refractivity contribution in [3.63, 3.8) is 0 Å². The molecule has 0 bridgehead atoms. The fourth-order valence-corrected chi connectivity index (χ4v) is 3.23. The number of anilines is 1. The number of benzene rings is 1. The van der Waals surface area contributed by atoms with Gasteiger partial charge in [-0.2, -0.15) is 0 Å². The van der Waals surface area contributed by atoms with Crippen LogP contribution in [0.15, 0.2) is 18.2 Å². The zero-order valence-electron chi connectivity index (χ0n) is 13.3. The van der Waals surface area contributed by atoms with Crippen LogP contribution >= 0.6 is 0 Å². The Labute approximate surface area is 126 Å². The van der Waals surface area contributed by atoms with E-state index in [1.165, 1.54) is 36.1 Å². The van der Waals surface area contributed by atoms with Crippen LogP contribution in [0, 0.1) is 0 Å². The third-order valence-electron chi connectivity index (χ3n) is 4.52. The Kier molecular flexibility index (Phi) is 3.62. The second-order valence-electron chi connectivity index (χ2n) is 7.10. The van der Waals surface area contributed by atoms with E-state index in [2.05, 4.69) is 44.4 Å². The molecule has 0 spiro atoms. The van der Waals surface area contributed by atoms with Crippen molar-refractivity contribution >= 4 is 16.6 Å². The molecule has 3 heteroatoms. The molecule has 3 rings (SSSR count). The Morgan fingerprint density at radius 3 is 2.57 bits per heavy atom. The lowest BCUT2D eigenvalue weighted by Gasteiger charge is -2.21. The molecular weight excluding hydrogens is 258 g/mol. The number of hydrazine groups is 1. The molecule has 1 aliphatic rings. The van der Waals surface area contributed by atoms with Gasteiger partial charge in [0.05, 0.1) is 11.2 Å². The predicted octanol–water partition coefficient (Wildman–Crippen LogP) is 4.09. The number of aryl methyl sites for hydroxylation is 1. The van der Waals surface area contributed by atoms with E-state index in [0.717, 1.165) is 29.4 Å². The van der Waals surface area contributed by atoms with Crippen LogP contribution < -0.4 is 11.3 Å². The zero-order valence-corrected chi connectivity index (χ0v) is 13.3. The Hall–Kier alpha value is -1.61. The fraction of sp³-hybridized carbons (Fsp3) is 0.500. The van der Waals surface area contributed by atoms with E-state index in [9.17, 15) is 0 Å². The van der Waals surface area contributed by atoms with Crippen LogP contribution in [0.2, 0.25) is 0 Å². The Morgan fingerprint density at radius 1 is 1.10 bits per heavy atom. The number of nitrogens with zero attached hydrogens (tertiary/aromatic N) is 1. The molecule has 1 heterocycles. The first-order chi connectivity index (χ1) is 10.0. The molecule has 0 saturated heterocycles. The molecule has 3 nitrogen and oxygen atoms in total. The standard InChI is InChI=1S/C18H25N3/c1-18(2,3)12-9-10-16-14(11-12)17(21-19)13-7-5-4-6-8-15(13)20-16/h9-11H,4-8,19H2,1-3H3,(H,20,21). The van der Waals surface area contributed by atoms with Crippen LogP contribution in [0.4, 0.5) is 5.69 Å². The van der Waals surface area contributed by atoms with Crippen molar-refractivity contribution in [3.05, 3.63) is 35.0 Å². The van der Waals surface area contributed by atoms with Gasteiger partial charge in [-0.15, -0.1) is 0 Å². The average Bonchev–Trinajstić information content (AvgIpc) is 2.68. The number of nitrogens with two attached hydrogens (primary N) is 1.